The number of thioether (sulfide) groups is 1. The van der Waals surface area contributed by atoms with Crippen molar-refractivity contribution in [3.63, 3.8) is 0 Å². The van der Waals surface area contributed by atoms with Crippen LogP contribution in [0.15, 0.2) is 45.6 Å². The number of carbonyl (C=O) groups is 2. The molecule has 9 nitrogen and oxygen atoms in total. The SMILES string of the molecule is COc1cc(OC)cc(C2C(C(=O)OC(C)C)=C(C)N=C3SC=C(CC(=O)NCC4CCCO4)N32)c1. The molecular formula is C26H33N3O6S. The van der Waals surface area contributed by atoms with E-state index < -0.39 is 12.0 Å². The highest BCUT2D eigenvalue weighted by Gasteiger charge is 2.41. The molecule has 194 valence electrons. The van der Waals surface area contributed by atoms with E-state index in [2.05, 4.69) is 5.32 Å². The summed E-state index contributed by atoms with van der Waals surface area (Å²) in [5.74, 6) is 0.623. The van der Waals surface area contributed by atoms with E-state index in [1.165, 1.54) is 11.8 Å². The number of fused-ring (bicyclic) bond motifs is 1. The Kier molecular flexibility index (Phi) is 8.25. The number of hydrogen-bond acceptors (Lipinski definition) is 9. The van der Waals surface area contributed by atoms with Crippen molar-refractivity contribution in [3.05, 3.63) is 46.1 Å². The second kappa shape index (κ2) is 11.4. The zero-order valence-electron chi connectivity index (χ0n) is 21.3. The fourth-order valence-corrected chi connectivity index (χ4v) is 5.44. The second-order valence-electron chi connectivity index (χ2n) is 9.11. The number of amides is 1. The number of rotatable bonds is 9. The highest BCUT2D eigenvalue weighted by molar-refractivity contribution is 8.16. The van der Waals surface area contributed by atoms with Crippen molar-refractivity contribution in [1.29, 1.82) is 0 Å². The fourth-order valence-electron chi connectivity index (χ4n) is 4.47. The number of benzene rings is 1. The summed E-state index contributed by atoms with van der Waals surface area (Å²) in [6.45, 7) is 6.65. The predicted octanol–water partition coefficient (Wildman–Crippen LogP) is 3.92. The fraction of sp³-hybridized carbons (Fsp3) is 0.500. The van der Waals surface area contributed by atoms with E-state index in [0.29, 0.717) is 34.5 Å². The minimum atomic E-state index is -0.569. The zero-order chi connectivity index (χ0) is 25.8. The lowest BCUT2D eigenvalue weighted by Gasteiger charge is -2.36. The van der Waals surface area contributed by atoms with Crippen LogP contribution in [0.25, 0.3) is 0 Å². The van der Waals surface area contributed by atoms with E-state index in [0.717, 1.165) is 30.7 Å². The molecule has 0 aliphatic carbocycles. The van der Waals surface area contributed by atoms with E-state index in [9.17, 15) is 9.59 Å². The molecule has 3 heterocycles. The van der Waals surface area contributed by atoms with E-state index in [1.807, 2.05) is 36.3 Å². The molecule has 1 aromatic rings. The lowest BCUT2D eigenvalue weighted by Crippen LogP contribution is -2.39. The molecule has 0 spiro atoms. The summed E-state index contributed by atoms with van der Waals surface area (Å²) in [6.07, 6.45) is 1.88. The Morgan fingerprint density at radius 1 is 1.22 bits per heavy atom. The smallest absolute Gasteiger partial charge is 0.338 e. The van der Waals surface area contributed by atoms with Crippen molar-refractivity contribution >= 4 is 28.8 Å². The monoisotopic (exact) mass is 515 g/mol. The summed E-state index contributed by atoms with van der Waals surface area (Å²) in [5.41, 5.74) is 2.50. The van der Waals surface area contributed by atoms with Crippen molar-refractivity contribution in [1.82, 2.24) is 10.2 Å². The van der Waals surface area contributed by atoms with Gasteiger partial charge in [0.2, 0.25) is 5.91 Å². The minimum Gasteiger partial charge on any atom is -0.497 e. The number of nitrogens with zero attached hydrogens (tertiary/aromatic N) is 2. The third-order valence-electron chi connectivity index (χ3n) is 6.15. The largest absolute Gasteiger partial charge is 0.497 e. The van der Waals surface area contributed by atoms with Crippen molar-refractivity contribution in [2.45, 2.75) is 58.3 Å². The molecule has 0 aromatic heterocycles. The van der Waals surface area contributed by atoms with Crippen LogP contribution < -0.4 is 14.8 Å². The maximum Gasteiger partial charge on any atom is 0.338 e. The molecule has 10 heteroatoms. The topological polar surface area (TPSA) is 98.7 Å². The van der Waals surface area contributed by atoms with Crippen LogP contribution >= 0.6 is 11.8 Å². The number of methoxy groups -OCH3 is 2. The van der Waals surface area contributed by atoms with Gasteiger partial charge in [0, 0.05) is 24.9 Å². The van der Waals surface area contributed by atoms with Gasteiger partial charge in [0.05, 0.1) is 50.2 Å². The molecule has 1 saturated heterocycles. The molecule has 3 aliphatic heterocycles. The van der Waals surface area contributed by atoms with E-state index in [-0.39, 0.29) is 24.5 Å². The molecule has 1 N–H and O–H groups in total. The number of allylic oxidation sites excluding steroid dienone is 1. The Hall–Kier alpha value is -2.98. The number of carbonyl (C=O) groups excluding carboxylic acids is 2. The predicted molar refractivity (Wildman–Crippen MR) is 138 cm³/mol. The molecule has 2 unspecified atom stereocenters. The summed E-state index contributed by atoms with van der Waals surface area (Å²) in [7, 11) is 3.16. The first kappa shape index (κ1) is 26.1. The molecule has 1 aromatic carbocycles. The third-order valence-corrected chi connectivity index (χ3v) is 7.03. The Bertz CT molecular complexity index is 1080. The van der Waals surface area contributed by atoms with Gasteiger partial charge in [-0.3, -0.25) is 4.79 Å². The molecule has 0 saturated carbocycles. The number of hydrogen-bond donors (Lipinski definition) is 1. The molecule has 1 amide bonds. The van der Waals surface area contributed by atoms with Gasteiger partial charge < -0.3 is 29.2 Å². The Morgan fingerprint density at radius 3 is 2.56 bits per heavy atom. The van der Waals surface area contributed by atoms with Crippen molar-refractivity contribution in [2.75, 3.05) is 27.4 Å². The van der Waals surface area contributed by atoms with Crippen molar-refractivity contribution in [2.24, 2.45) is 4.99 Å². The van der Waals surface area contributed by atoms with Crippen LogP contribution in [0.3, 0.4) is 0 Å². The van der Waals surface area contributed by atoms with Crippen LogP contribution in [0.1, 0.15) is 51.6 Å². The van der Waals surface area contributed by atoms with Gasteiger partial charge in [-0.05, 0) is 56.7 Å². The summed E-state index contributed by atoms with van der Waals surface area (Å²) in [4.78, 5) is 32.8. The van der Waals surface area contributed by atoms with Gasteiger partial charge in [-0.2, -0.15) is 0 Å². The van der Waals surface area contributed by atoms with Gasteiger partial charge >= 0.3 is 5.97 Å². The van der Waals surface area contributed by atoms with Gasteiger partial charge in [-0.15, -0.1) is 0 Å². The lowest BCUT2D eigenvalue weighted by atomic mass is 9.93. The van der Waals surface area contributed by atoms with Crippen LogP contribution in [0.4, 0.5) is 0 Å². The third kappa shape index (κ3) is 5.70. The second-order valence-corrected chi connectivity index (χ2v) is 9.95. The molecule has 1 fully saturated rings. The maximum absolute atomic E-state index is 13.3. The molecule has 3 aliphatic rings. The molecule has 0 radical (unpaired) electrons. The first-order valence-electron chi connectivity index (χ1n) is 12.1. The average Bonchev–Trinajstić information content (AvgIpc) is 3.51. The van der Waals surface area contributed by atoms with Crippen molar-refractivity contribution < 1.29 is 28.5 Å². The van der Waals surface area contributed by atoms with Crippen molar-refractivity contribution in [3.8, 4) is 11.5 Å². The molecule has 4 rings (SSSR count). The number of amidine groups is 1. The summed E-state index contributed by atoms with van der Waals surface area (Å²) in [6, 6.07) is 4.94. The number of nitrogens with one attached hydrogen (secondary N) is 1. The highest BCUT2D eigenvalue weighted by Crippen LogP contribution is 2.46. The van der Waals surface area contributed by atoms with Gasteiger partial charge in [0.25, 0.3) is 0 Å². The van der Waals surface area contributed by atoms with Crippen LogP contribution in [0.5, 0.6) is 11.5 Å². The van der Waals surface area contributed by atoms with Crippen LogP contribution in [0.2, 0.25) is 0 Å². The number of aliphatic imine (C=N–C) groups is 1. The first-order chi connectivity index (χ1) is 17.3. The molecule has 0 bridgehead atoms. The quantitative estimate of drug-likeness (QED) is 0.494. The molecule has 2 atom stereocenters. The van der Waals surface area contributed by atoms with Crippen LogP contribution in [0, 0.1) is 0 Å². The van der Waals surface area contributed by atoms with Gasteiger partial charge in [-0.1, -0.05) is 11.8 Å². The Labute approximate surface area is 215 Å². The summed E-state index contributed by atoms with van der Waals surface area (Å²) < 4.78 is 22.2. The van der Waals surface area contributed by atoms with Gasteiger partial charge in [-0.25, -0.2) is 9.79 Å². The van der Waals surface area contributed by atoms with Crippen LogP contribution in [-0.2, 0) is 19.1 Å². The lowest BCUT2D eigenvalue weighted by molar-refractivity contribution is -0.143. The summed E-state index contributed by atoms with van der Waals surface area (Å²) >= 11 is 1.43. The Balaban J connectivity index is 1.68. The maximum atomic E-state index is 13.3. The molecular weight excluding hydrogens is 482 g/mol. The summed E-state index contributed by atoms with van der Waals surface area (Å²) in [5, 5.41) is 5.59. The van der Waals surface area contributed by atoms with Gasteiger partial charge in [0.1, 0.15) is 11.5 Å². The van der Waals surface area contributed by atoms with E-state index >= 15 is 0 Å². The number of esters is 1. The Morgan fingerprint density at radius 2 is 1.94 bits per heavy atom. The first-order valence-corrected chi connectivity index (χ1v) is 12.9. The average molecular weight is 516 g/mol. The van der Waals surface area contributed by atoms with E-state index in [1.54, 1.807) is 27.2 Å². The minimum absolute atomic E-state index is 0.0629. The number of ether oxygens (including phenoxy) is 4. The standard InChI is InChI=1S/C26H33N3O6S/c1-15(2)35-25(31)23-16(3)28-26-29(24(23)17-9-20(32-4)12-21(10-17)33-5)18(14-36-26)11-22(30)27-13-19-7-6-8-34-19/h9-10,12,14-15,19,24H,6-8,11,13H2,1-5H3,(H,27,30). The zero-order valence-corrected chi connectivity index (χ0v) is 22.1. The van der Waals surface area contributed by atoms with Crippen LogP contribution in [-0.4, -0.2) is 61.5 Å². The normalized spacial score (nSPS) is 21.2. The highest BCUT2D eigenvalue weighted by atomic mass is 32.2. The van der Waals surface area contributed by atoms with Gasteiger partial charge in [0.15, 0.2) is 5.17 Å². The molecule has 36 heavy (non-hydrogen) atoms. The van der Waals surface area contributed by atoms with E-state index in [4.69, 9.17) is 23.9 Å².